The summed E-state index contributed by atoms with van der Waals surface area (Å²) >= 11 is 1.33. The van der Waals surface area contributed by atoms with Crippen molar-refractivity contribution < 1.29 is 4.79 Å². The SMILES string of the molecule is NC1CCC(NC(=O)c2cc(=O)nc3sccn23)CC1. The van der Waals surface area contributed by atoms with E-state index < -0.39 is 0 Å². The van der Waals surface area contributed by atoms with Gasteiger partial charge in [-0.2, -0.15) is 4.98 Å². The number of thiazole rings is 1. The second-order valence-corrected chi connectivity index (χ2v) is 5.99. The molecule has 1 amide bonds. The molecule has 2 aromatic rings. The Balaban J connectivity index is 1.82. The van der Waals surface area contributed by atoms with Crippen LogP contribution in [0, 0.1) is 0 Å². The van der Waals surface area contributed by atoms with Crippen LogP contribution in [0.15, 0.2) is 22.4 Å². The number of carbonyl (C=O) groups excluding carboxylic acids is 1. The fourth-order valence-corrected chi connectivity index (χ4v) is 3.27. The van der Waals surface area contributed by atoms with Gasteiger partial charge in [0.1, 0.15) is 5.69 Å². The van der Waals surface area contributed by atoms with E-state index in [1.807, 2.05) is 0 Å². The number of amides is 1. The molecule has 2 heterocycles. The largest absolute Gasteiger partial charge is 0.348 e. The summed E-state index contributed by atoms with van der Waals surface area (Å²) in [5.74, 6) is -0.224. The zero-order chi connectivity index (χ0) is 14.1. The van der Waals surface area contributed by atoms with Gasteiger partial charge >= 0.3 is 0 Å². The summed E-state index contributed by atoms with van der Waals surface area (Å²) in [6.07, 6.45) is 5.38. The zero-order valence-electron chi connectivity index (χ0n) is 10.9. The number of carbonyl (C=O) groups is 1. The van der Waals surface area contributed by atoms with Gasteiger partial charge in [-0.1, -0.05) is 0 Å². The van der Waals surface area contributed by atoms with E-state index in [4.69, 9.17) is 5.73 Å². The number of nitrogens with one attached hydrogen (secondary N) is 1. The lowest BCUT2D eigenvalue weighted by molar-refractivity contribution is 0.0919. The minimum atomic E-state index is -0.386. The summed E-state index contributed by atoms with van der Waals surface area (Å²) in [5, 5.41) is 4.79. The Morgan fingerprint density at radius 1 is 1.40 bits per heavy atom. The van der Waals surface area contributed by atoms with Crippen molar-refractivity contribution in [2.75, 3.05) is 0 Å². The fraction of sp³-hybridized carbons (Fsp3) is 0.462. The fourth-order valence-electron chi connectivity index (χ4n) is 2.55. The molecule has 6 nitrogen and oxygen atoms in total. The van der Waals surface area contributed by atoms with Gasteiger partial charge in [0.2, 0.25) is 0 Å². The van der Waals surface area contributed by atoms with Crippen molar-refractivity contribution in [1.82, 2.24) is 14.7 Å². The van der Waals surface area contributed by atoms with E-state index in [-0.39, 0.29) is 23.6 Å². The molecular formula is C13H16N4O2S. The number of aromatic nitrogens is 2. The van der Waals surface area contributed by atoms with Crippen LogP contribution in [0.1, 0.15) is 36.2 Å². The van der Waals surface area contributed by atoms with Crippen molar-refractivity contribution in [3.05, 3.63) is 33.7 Å². The molecule has 7 heteroatoms. The normalized spacial score (nSPS) is 22.9. The van der Waals surface area contributed by atoms with Crippen LogP contribution >= 0.6 is 11.3 Å². The number of nitrogens with two attached hydrogens (primary N) is 1. The van der Waals surface area contributed by atoms with Crippen LogP contribution in [-0.4, -0.2) is 27.4 Å². The molecule has 1 aliphatic carbocycles. The van der Waals surface area contributed by atoms with E-state index >= 15 is 0 Å². The molecule has 1 fully saturated rings. The first-order chi connectivity index (χ1) is 9.63. The van der Waals surface area contributed by atoms with Gasteiger partial charge < -0.3 is 11.1 Å². The standard InChI is InChI=1S/C13H16N4O2S/c14-8-1-3-9(4-2-8)15-12(19)10-7-11(18)16-13-17(10)5-6-20-13/h5-9H,1-4,14H2,(H,15,19). The third kappa shape index (κ3) is 2.59. The van der Waals surface area contributed by atoms with E-state index in [1.165, 1.54) is 17.4 Å². The number of nitrogens with zero attached hydrogens (tertiary/aromatic N) is 2. The zero-order valence-corrected chi connectivity index (χ0v) is 11.7. The molecule has 1 aliphatic rings. The van der Waals surface area contributed by atoms with Crippen LogP contribution in [0.4, 0.5) is 0 Å². The van der Waals surface area contributed by atoms with Crippen LogP contribution in [0.2, 0.25) is 0 Å². The first-order valence-electron chi connectivity index (χ1n) is 6.67. The molecule has 0 saturated heterocycles. The predicted molar refractivity (Wildman–Crippen MR) is 77.0 cm³/mol. The van der Waals surface area contributed by atoms with E-state index in [2.05, 4.69) is 10.3 Å². The summed E-state index contributed by atoms with van der Waals surface area (Å²) in [4.78, 5) is 28.3. The molecule has 0 aromatic carbocycles. The number of rotatable bonds is 2. The van der Waals surface area contributed by atoms with Gasteiger partial charge in [-0.15, -0.1) is 11.3 Å². The van der Waals surface area contributed by atoms with Gasteiger partial charge in [0.05, 0.1) is 0 Å². The van der Waals surface area contributed by atoms with E-state index in [0.29, 0.717) is 10.7 Å². The quantitative estimate of drug-likeness (QED) is 0.855. The van der Waals surface area contributed by atoms with Gasteiger partial charge in [-0.3, -0.25) is 14.0 Å². The Morgan fingerprint density at radius 2 is 2.15 bits per heavy atom. The van der Waals surface area contributed by atoms with Gasteiger partial charge in [0.15, 0.2) is 4.96 Å². The molecule has 3 N–H and O–H groups in total. The second kappa shape index (κ2) is 5.34. The van der Waals surface area contributed by atoms with Gasteiger partial charge in [-0.05, 0) is 25.7 Å². The van der Waals surface area contributed by atoms with Crippen LogP contribution in [-0.2, 0) is 0 Å². The first kappa shape index (κ1) is 13.3. The van der Waals surface area contributed by atoms with Gasteiger partial charge in [-0.25, -0.2) is 0 Å². The molecule has 1 saturated carbocycles. The minimum absolute atomic E-state index is 0.139. The summed E-state index contributed by atoms with van der Waals surface area (Å²) in [7, 11) is 0. The highest BCUT2D eigenvalue weighted by Crippen LogP contribution is 2.17. The average Bonchev–Trinajstić information content (AvgIpc) is 2.88. The summed E-state index contributed by atoms with van der Waals surface area (Å²) in [5.41, 5.74) is 5.81. The molecule has 3 rings (SSSR count). The molecular weight excluding hydrogens is 276 g/mol. The Bertz CT molecular complexity index is 685. The lowest BCUT2D eigenvalue weighted by atomic mass is 9.92. The lowest BCUT2D eigenvalue weighted by Crippen LogP contribution is -2.41. The summed E-state index contributed by atoms with van der Waals surface area (Å²) < 4.78 is 1.65. The van der Waals surface area contributed by atoms with Crippen LogP contribution < -0.4 is 16.6 Å². The minimum Gasteiger partial charge on any atom is -0.348 e. The maximum Gasteiger partial charge on any atom is 0.274 e. The van der Waals surface area contributed by atoms with E-state index in [0.717, 1.165) is 25.7 Å². The highest BCUT2D eigenvalue weighted by atomic mass is 32.1. The number of fused-ring (bicyclic) bond motifs is 1. The van der Waals surface area contributed by atoms with Crippen molar-refractivity contribution in [3.63, 3.8) is 0 Å². The molecule has 20 heavy (non-hydrogen) atoms. The van der Waals surface area contributed by atoms with Gasteiger partial charge in [0, 0.05) is 29.7 Å². The van der Waals surface area contributed by atoms with Crippen molar-refractivity contribution in [2.45, 2.75) is 37.8 Å². The van der Waals surface area contributed by atoms with Crippen molar-refractivity contribution in [1.29, 1.82) is 0 Å². The Labute approximate surface area is 119 Å². The highest BCUT2D eigenvalue weighted by Gasteiger charge is 2.21. The van der Waals surface area contributed by atoms with Crippen LogP contribution in [0.25, 0.3) is 4.96 Å². The lowest BCUT2D eigenvalue weighted by Gasteiger charge is -2.26. The second-order valence-electron chi connectivity index (χ2n) is 5.12. The Hall–Kier alpha value is -1.73. The van der Waals surface area contributed by atoms with Gasteiger partial charge in [0.25, 0.3) is 11.5 Å². The molecule has 2 aromatic heterocycles. The average molecular weight is 292 g/mol. The molecule has 0 atom stereocenters. The third-order valence-electron chi connectivity index (χ3n) is 3.65. The molecule has 106 valence electrons. The topological polar surface area (TPSA) is 89.5 Å². The smallest absolute Gasteiger partial charge is 0.274 e. The Morgan fingerprint density at radius 3 is 2.90 bits per heavy atom. The van der Waals surface area contributed by atoms with Crippen molar-refractivity contribution >= 4 is 22.2 Å². The monoisotopic (exact) mass is 292 g/mol. The summed E-state index contributed by atoms with van der Waals surface area (Å²) in [6, 6.07) is 1.67. The highest BCUT2D eigenvalue weighted by molar-refractivity contribution is 7.15. The molecule has 0 spiro atoms. The van der Waals surface area contributed by atoms with Crippen molar-refractivity contribution in [2.24, 2.45) is 5.73 Å². The summed E-state index contributed by atoms with van der Waals surface area (Å²) in [6.45, 7) is 0. The van der Waals surface area contributed by atoms with Crippen LogP contribution in [0.3, 0.4) is 0 Å². The molecule has 0 unspecified atom stereocenters. The molecule has 0 radical (unpaired) electrons. The Kier molecular flexibility index (Phi) is 3.54. The molecule has 0 bridgehead atoms. The van der Waals surface area contributed by atoms with Crippen LogP contribution in [0.5, 0.6) is 0 Å². The predicted octanol–water partition coefficient (Wildman–Crippen LogP) is 0.756. The van der Waals surface area contributed by atoms with Crippen molar-refractivity contribution in [3.8, 4) is 0 Å². The third-order valence-corrected chi connectivity index (χ3v) is 4.41. The molecule has 0 aliphatic heterocycles. The maximum absolute atomic E-state index is 12.3. The maximum atomic E-state index is 12.3. The van der Waals surface area contributed by atoms with E-state index in [1.54, 1.807) is 16.0 Å². The van der Waals surface area contributed by atoms with E-state index in [9.17, 15) is 9.59 Å². The number of hydrogen-bond acceptors (Lipinski definition) is 5. The number of hydrogen-bond donors (Lipinski definition) is 2. The first-order valence-corrected chi connectivity index (χ1v) is 7.55.